The molecule has 0 radical (unpaired) electrons. The zero-order valence-electron chi connectivity index (χ0n) is 17.9. The van der Waals surface area contributed by atoms with Gasteiger partial charge in [-0.15, -0.1) is 11.3 Å². The largest absolute Gasteiger partial charge is 0.385 e. The van der Waals surface area contributed by atoms with Crippen molar-refractivity contribution in [2.24, 2.45) is 0 Å². The summed E-state index contributed by atoms with van der Waals surface area (Å²) in [5.41, 5.74) is 0.585. The molecule has 0 aliphatic carbocycles. The number of carbonyl (C=O) groups excluding carboxylic acids is 1. The summed E-state index contributed by atoms with van der Waals surface area (Å²) in [5, 5.41) is 10.0. The van der Waals surface area contributed by atoms with Crippen LogP contribution < -0.4 is 4.72 Å². The minimum Gasteiger partial charge on any atom is -0.385 e. The van der Waals surface area contributed by atoms with Gasteiger partial charge in [-0.3, -0.25) is 9.52 Å². The lowest BCUT2D eigenvalue weighted by atomic mass is 9.87. The van der Waals surface area contributed by atoms with Gasteiger partial charge in [0.05, 0.1) is 12.0 Å². The number of hydrogen-bond acceptors (Lipinski definition) is 5. The highest BCUT2D eigenvalue weighted by molar-refractivity contribution is 7.93. The molecule has 166 valence electrons. The van der Waals surface area contributed by atoms with Gasteiger partial charge >= 0.3 is 0 Å². The van der Waals surface area contributed by atoms with Crippen molar-refractivity contribution in [1.82, 2.24) is 4.72 Å². The molecule has 5 nitrogen and oxygen atoms in total. The monoisotopic (exact) mass is 458 g/mol. The lowest BCUT2D eigenvalue weighted by molar-refractivity contribution is -0.118. The van der Waals surface area contributed by atoms with Gasteiger partial charge in [0, 0.05) is 4.88 Å². The summed E-state index contributed by atoms with van der Waals surface area (Å²) < 4.78 is 50.9. The Hall–Kier alpha value is -1.84. The second-order valence-electron chi connectivity index (χ2n) is 8.44. The number of rotatable bonds is 7. The molecule has 1 amide bonds. The van der Waals surface area contributed by atoms with Crippen molar-refractivity contribution < 1.29 is 22.9 Å². The lowest BCUT2D eigenvalue weighted by Crippen LogP contribution is -2.31. The number of nitrogens with one attached hydrogen (secondary N) is 2. The van der Waals surface area contributed by atoms with Crippen LogP contribution in [0.4, 0.5) is 8.78 Å². The van der Waals surface area contributed by atoms with E-state index in [1.165, 1.54) is 26.0 Å². The van der Waals surface area contributed by atoms with E-state index in [-0.39, 0.29) is 23.1 Å². The number of halogens is 2. The van der Waals surface area contributed by atoms with Crippen molar-refractivity contribution in [3.05, 3.63) is 51.4 Å². The van der Waals surface area contributed by atoms with Crippen LogP contribution >= 0.6 is 11.3 Å². The van der Waals surface area contributed by atoms with Gasteiger partial charge in [0.15, 0.2) is 19.9 Å². The van der Waals surface area contributed by atoms with Crippen LogP contribution in [0.2, 0.25) is 0 Å². The van der Waals surface area contributed by atoms with Crippen LogP contribution in [0.25, 0.3) is 0 Å². The molecule has 30 heavy (non-hydrogen) atoms. The molecule has 0 bridgehead atoms. The van der Waals surface area contributed by atoms with E-state index in [4.69, 9.17) is 4.78 Å². The Morgan fingerprint density at radius 3 is 2.07 bits per heavy atom. The summed E-state index contributed by atoms with van der Waals surface area (Å²) in [6.07, 6.45) is -0.206. The Balaban J connectivity index is 2.37. The van der Waals surface area contributed by atoms with Crippen LogP contribution in [-0.2, 0) is 26.7 Å². The Labute approximate surface area is 180 Å². The standard InChI is InChI=1S/C21H28F2N2O3S2/c1-11(2)14-7-13(22)8-15(12(3)4)16(14)9-19(26)25-30(24,28)20-17(23)10-18(29-20)21(5,6)27/h7-8,10-12,27H,9H2,1-6H3,(H2,24,25,26,28)/t30-/m1/s1. The number of benzene rings is 1. The van der Waals surface area contributed by atoms with E-state index >= 15 is 0 Å². The fraction of sp³-hybridized carbons (Fsp3) is 0.476. The molecular formula is C21H28F2N2O3S2. The number of thiophene rings is 1. The first kappa shape index (κ1) is 24.4. The topological polar surface area (TPSA) is 90.3 Å². The van der Waals surface area contributed by atoms with E-state index in [9.17, 15) is 22.9 Å². The van der Waals surface area contributed by atoms with Gasteiger partial charge in [-0.05, 0) is 60.6 Å². The van der Waals surface area contributed by atoms with E-state index in [0.717, 1.165) is 6.07 Å². The highest BCUT2D eigenvalue weighted by Gasteiger charge is 2.28. The quantitative estimate of drug-likeness (QED) is 0.534. The maximum absolute atomic E-state index is 14.3. The highest BCUT2D eigenvalue weighted by atomic mass is 32.2. The number of aliphatic hydroxyl groups is 1. The van der Waals surface area contributed by atoms with Gasteiger partial charge in [-0.25, -0.2) is 17.8 Å². The predicted molar refractivity (Wildman–Crippen MR) is 115 cm³/mol. The average Bonchev–Trinajstić information content (AvgIpc) is 2.98. The number of amides is 1. The van der Waals surface area contributed by atoms with Gasteiger partial charge in [-0.2, -0.15) is 0 Å². The third kappa shape index (κ3) is 5.44. The molecule has 2 rings (SSSR count). The Morgan fingerprint density at radius 2 is 1.67 bits per heavy atom. The Bertz CT molecular complexity index is 1020. The van der Waals surface area contributed by atoms with Gasteiger partial charge in [-0.1, -0.05) is 27.7 Å². The molecule has 0 fully saturated rings. The van der Waals surface area contributed by atoms with Gasteiger partial charge in [0.2, 0.25) is 5.91 Å². The zero-order valence-corrected chi connectivity index (χ0v) is 19.6. The summed E-state index contributed by atoms with van der Waals surface area (Å²) in [4.78, 5) is 12.9. The Morgan fingerprint density at radius 1 is 1.17 bits per heavy atom. The minimum atomic E-state index is -3.97. The molecular weight excluding hydrogens is 430 g/mol. The molecule has 0 saturated heterocycles. The maximum Gasteiger partial charge on any atom is 0.236 e. The minimum absolute atomic E-state index is 0.0505. The molecule has 1 aromatic carbocycles. The van der Waals surface area contributed by atoms with Crippen LogP contribution in [0.3, 0.4) is 0 Å². The third-order valence-electron chi connectivity index (χ3n) is 4.64. The molecule has 2 aromatic rings. The van der Waals surface area contributed by atoms with E-state index < -0.39 is 37.3 Å². The Kier molecular flexibility index (Phi) is 7.10. The van der Waals surface area contributed by atoms with Crippen molar-refractivity contribution >= 4 is 27.2 Å². The van der Waals surface area contributed by atoms with Crippen molar-refractivity contribution in [3.8, 4) is 0 Å². The first-order chi connectivity index (χ1) is 13.6. The molecule has 0 saturated carbocycles. The number of hydrogen-bond donors (Lipinski definition) is 3. The first-order valence-corrected chi connectivity index (χ1v) is 11.9. The van der Waals surface area contributed by atoms with Gasteiger partial charge in [0.1, 0.15) is 5.82 Å². The highest BCUT2D eigenvalue weighted by Crippen LogP contribution is 2.34. The molecule has 0 unspecified atom stereocenters. The fourth-order valence-electron chi connectivity index (χ4n) is 3.17. The summed E-state index contributed by atoms with van der Waals surface area (Å²) in [5.74, 6) is -2.13. The van der Waals surface area contributed by atoms with Gasteiger partial charge < -0.3 is 5.11 Å². The van der Waals surface area contributed by atoms with Crippen molar-refractivity contribution in [1.29, 1.82) is 4.78 Å². The third-order valence-corrected chi connectivity index (χ3v) is 8.05. The van der Waals surface area contributed by atoms with E-state index in [2.05, 4.69) is 4.72 Å². The summed E-state index contributed by atoms with van der Waals surface area (Å²) >= 11 is 0.687. The molecule has 1 atom stereocenters. The molecule has 0 spiro atoms. The fourth-order valence-corrected chi connectivity index (χ4v) is 5.62. The second-order valence-corrected chi connectivity index (χ2v) is 11.5. The van der Waals surface area contributed by atoms with E-state index in [1.54, 1.807) is 0 Å². The average molecular weight is 459 g/mol. The van der Waals surface area contributed by atoms with Crippen LogP contribution in [0.5, 0.6) is 0 Å². The molecule has 0 aliphatic rings. The van der Waals surface area contributed by atoms with Crippen LogP contribution in [0.15, 0.2) is 22.4 Å². The molecule has 3 N–H and O–H groups in total. The van der Waals surface area contributed by atoms with Crippen LogP contribution in [-0.4, -0.2) is 15.2 Å². The van der Waals surface area contributed by atoms with E-state index in [0.29, 0.717) is 28.0 Å². The summed E-state index contributed by atoms with van der Waals surface area (Å²) in [6.45, 7) is 10.4. The van der Waals surface area contributed by atoms with Gasteiger partial charge in [0.25, 0.3) is 0 Å². The first-order valence-electron chi connectivity index (χ1n) is 9.57. The smallest absolute Gasteiger partial charge is 0.236 e. The number of carbonyl (C=O) groups is 1. The maximum atomic E-state index is 14.3. The normalized spacial score (nSPS) is 14.2. The van der Waals surface area contributed by atoms with Crippen molar-refractivity contribution in [3.63, 3.8) is 0 Å². The predicted octanol–water partition coefficient (Wildman–Crippen LogP) is 5.18. The summed E-state index contributed by atoms with van der Waals surface area (Å²) in [7, 11) is -3.97. The zero-order chi connectivity index (χ0) is 23.0. The summed E-state index contributed by atoms with van der Waals surface area (Å²) in [6, 6.07) is 3.78. The van der Waals surface area contributed by atoms with Crippen molar-refractivity contribution in [2.75, 3.05) is 0 Å². The van der Waals surface area contributed by atoms with Crippen LogP contribution in [0.1, 0.15) is 74.9 Å². The van der Waals surface area contributed by atoms with E-state index in [1.807, 2.05) is 27.7 Å². The lowest BCUT2D eigenvalue weighted by Gasteiger charge is -2.20. The van der Waals surface area contributed by atoms with Crippen LogP contribution in [0, 0.1) is 16.4 Å². The van der Waals surface area contributed by atoms with Crippen molar-refractivity contribution in [2.45, 2.75) is 69.6 Å². The molecule has 1 aromatic heterocycles. The molecule has 9 heteroatoms. The second kappa shape index (κ2) is 8.72. The SMILES string of the molecule is CC(C)c1cc(F)cc(C(C)C)c1CC(=O)N[S@@](=N)(=O)c1sc(C(C)(C)O)cc1F. The molecule has 0 aliphatic heterocycles. The molecule has 1 heterocycles.